The maximum Gasteiger partial charge on any atom is 0.488 e. The van der Waals surface area contributed by atoms with Crippen LogP contribution in [0.3, 0.4) is 0 Å². The van der Waals surface area contributed by atoms with Crippen molar-refractivity contribution in [3.8, 4) is 11.1 Å². The zero-order chi connectivity index (χ0) is 55.9. The van der Waals surface area contributed by atoms with Crippen molar-refractivity contribution in [2.45, 2.75) is 53.9 Å². The standard InChI is InChI=1S/C28H26ClN5O3.C23H22BrClN4O3.C5H6BNO2/c1-28(2)16-33(17-28)24(35)15-34-25-20(11-21(14-31-25)19-7-9-30-10-8-19)12-23(27(34)37)26(36)32-13-18-3-5-22(29)6-4-18;1-23(2)12-28(13-23)19(30)11-29-20-15(7-16(24)10-26-20)8-18(22(29)32)21(31)27-9-14-3-5-17(25)6-4-14;8-6(9)5-1-3-7-4-2-5/h3-12,14H,13,15-17H2,1-2H3,(H,32,36);3-8,10H,9,11-13H2,1-2H3,(H,27,31);1-4,8-9H. The normalized spacial score (nSPS) is 13.9. The quantitative estimate of drug-likeness (QED) is 0.0990. The summed E-state index contributed by atoms with van der Waals surface area (Å²) in [7, 11) is -1.38. The Balaban J connectivity index is 0.000000179. The van der Waals surface area contributed by atoms with Crippen molar-refractivity contribution in [2.24, 2.45) is 10.8 Å². The molecule has 400 valence electrons. The minimum atomic E-state index is -1.38. The van der Waals surface area contributed by atoms with Gasteiger partial charge in [0.2, 0.25) is 11.8 Å². The Kier molecular flexibility index (Phi) is 17.7. The summed E-state index contributed by atoms with van der Waals surface area (Å²) in [4.78, 5) is 98.6. The van der Waals surface area contributed by atoms with Gasteiger partial charge in [0.25, 0.3) is 22.9 Å². The van der Waals surface area contributed by atoms with Crippen LogP contribution in [0.2, 0.25) is 10.0 Å². The van der Waals surface area contributed by atoms with Crippen LogP contribution in [-0.4, -0.2) is 106 Å². The maximum absolute atomic E-state index is 13.5. The van der Waals surface area contributed by atoms with Crippen LogP contribution < -0.4 is 27.2 Å². The van der Waals surface area contributed by atoms with E-state index in [1.54, 1.807) is 107 Å². The number of carbonyl (C=O) groups is 4. The number of nitrogens with one attached hydrogen (secondary N) is 2. The molecule has 8 heterocycles. The molecule has 0 bridgehead atoms. The molecule has 4 amide bonds. The third-order valence-electron chi connectivity index (χ3n) is 12.8. The van der Waals surface area contributed by atoms with Crippen molar-refractivity contribution < 1.29 is 29.2 Å². The first-order valence-electron chi connectivity index (χ1n) is 24.6. The van der Waals surface area contributed by atoms with Crippen LogP contribution in [0.5, 0.6) is 0 Å². The molecule has 10 rings (SSSR count). The lowest BCUT2D eigenvalue weighted by Crippen LogP contribution is -2.56. The third kappa shape index (κ3) is 14.1. The molecular formula is C56H54BBrCl2N10O8. The Labute approximate surface area is 467 Å². The number of likely N-dealkylation sites (tertiary alicyclic amines) is 2. The average molecular weight is 1160 g/mol. The summed E-state index contributed by atoms with van der Waals surface area (Å²) in [5.74, 6) is -1.39. The highest BCUT2D eigenvalue weighted by Gasteiger charge is 2.38. The number of hydrogen-bond acceptors (Lipinski definition) is 12. The number of aromatic nitrogens is 6. The van der Waals surface area contributed by atoms with Crippen LogP contribution in [-0.2, 0) is 35.8 Å². The highest BCUT2D eigenvalue weighted by molar-refractivity contribution is 9.10. The van der Waals surface area contributed by atoms with Gasteiger partial charge in [0.1, 0.15) is 35.5 Å². The van der Waals surface area contributed by atoms with Gasteiger partial charge in [-0.05, 0) is 122 Å². The average Bonchev–Trinajstić information content (AvgIpc) is 3.45. The molecule has 2 fully saturated rings. The van der Waals surface area contributed by atoms with Crippen molar-refractivity contribution in [1.29, 1.82) is 0 Å². The van der Waals surface area contributed by atoms with E-state index in [0.29, 0.717) is 68.2 Å². The van der Waals surface area contributed by atoms with Gasteiger partial charge in [-0.1, -0.05) is 75.2 Å². The highest BCUT2D eigenvalue weighted by Crippen LogP contribution is 2.30. The molecule has 2 aromatic carbocycles. The van der Waals surface area contributed by atoms with Crippen LogP contribution in [0.25, 0.3) is 33.2 Å². The highest BCUT2D eigenvalue weighted by atomic mass is 79.9. The van der Waals surface area contributed by atoms with Gasteiger partial charge in [-0.15, -0.1) is 0 Å². The van der Waals surface area contributed by atoms with Crippen LogP contribution in [0.15, 0.2) is 148 Å². The first kappa shape index (κ1) is 56.6. The molecule has 0 aliphatic carbocycles. The third-order valence-corrected chi connectivity index (χ3v) is 13.8. The molecule has 0 atom stereocenters. The molecule has 0 saturated carbocycles. The van der Waals surface area contributed by atoms with E-state index >= 15 is 0 Å². The van der Waals surface area contributed by atoms with Crippen molar-refractivity contribution in [3.05, 3.63) is 192 Å². The Bertz CT molecular complexity index is 3630. The van der Waals surface area contributed by atoms with Crippen LogP contribution in [0.4, 0.5) is 0 Å². The molecule has 78 heavy (non-hydrogen) atoms. The summed E-state index contributed by atoms with van der Waals surface area (Å²) in [6.07, 6.45) is 9.61. The molecule has 2 saturated heterocycles. The van der Waals surface area contributed by atoms with Crippen molar-refractivity contribution in [3.63, 3.8) is 0 Å². The fraction of sp³-hybridized carbons (Fsp3) is 0.250. The van der Waals surface area contributed by atoms with Crippen LogP contribution in [0, 0.1) is 10.8 Å². The molecule has 18 nitrogen and oxygen atoms in total. The molecule has 2 aliphatic heterocycles. The van der Waals surface area contributed by atoms with Gasteiger partial charge in [-0.2, -0.15) is 0 Å². The minimum absolute atomic E-state index is 0.0388. The fourth-order valence-corrected chi connectivity index (χ4v) is 9.52. The number of halogens is 3. The van der Waals surface area contributed by atoms with E-state index < -0.39 is 30.1 Å². The predicted molar refractivity (Wildman–Crippen MR) is 303 cm³/mol. The van der Waals surface area contributed by atoms with E-state index in [1.165, 1.54) is 27.6 Å². The van der Waals surface area contributed by atoms with E-state index in [9.17, 15) is 28.8 Å². The summed E-state index contributed by atoms with van der Waals surface area (Å²) in [6.45, 7) is 11.0. The van der Waals surface area contributed by atoms with Gasteiger partial charge in [0, 0.05) is 107 Å². The second kappa shape index (κ2) is 24.4. The summed E-state index contributed by atoms with van der Waals surface area (Å²) >= 11 is 15.2. The largest absolute Gasteiger partial charge is 0.488 e. The molecule has 6 aromatic heterocycles. The summed E-state index contributed by atoms with van der Waals surface area (Å²) in [6, 6.07) is 27.6. The summed E-state index contributed by atoms with van der Waals surface area (Å²) < 4.78 is 3.29. The Morgan fingerprint density at radius 1 is 0.590 bits per heavy atom. The van der Waals surface area contributed by atoms with Gasteiger partial charge in [0.15, 0.2) is 0 Å². The molecule has 4 N–H and O–H groups in total. The van der Waals surface area contributed by atoms with Gasteiger partial charge in [-0.3, -0.25) is 47.9 Å². The molecular weight excluding hydrogens is 1100 g/mol. The molecule has 2 aliphatic rings. The van der Waals surface area contributed by atoms with Gasteiger partial charge in [0.05, 0.1) is 0 Å². The van der Waals surface area contributed by atoms with E-state index in [1.807, 2.05) is 18.2 Å². The number of benzene rings is 2. The molecule has 0 spiro atoms. The number of pyridine rings is 6. The van der Waals surface area contributed by atoms with Gasteiger partial charge < -0.3 is 30.5 Å². The molecule has 22 heteroatoms. The summed E-state index contributed by atoms with van der Waals surface area (Å²) in [5, 5.41) is 25.1. The number of carbonyl (C=O) groups excluding carboxylic acids is 4. The van der Waals surface area contributed by atoms with Crippen molar-refractivity contribution in [1.82, 2.24) is 49.5 Å². The Hall–Kier alpha value is -7.62. The SMILES string of the molecule is CC1(C)CN(C(=O)Cn2c(=O)c(C(=O)NCc3ccc(Cl)cc3)cc3cc(-c4ccncc4)cnc32)C1.CC1(C)CN(C(=O)Cn2c(=O)c(C(=O)NCc3ccc(Cl)cc3)cc3cc(Br)cnc32)C1.OB(O)c1ccncc1. The molecule has 8 aromatic rings. The monoisotopic (exact) mass is 1150 g/mol. The Morgan fingerprint density at radius 2 is 1.00 bits per heavy atom. The first-order chi connectivity index (χ1) is 37.1. The van der Waals surface area contributed by atoms with Crippen LogP contribution in [0.1, 0.15) is 59.5 Å². The van der Waals surface area contributed by atoms with Crippen molar-refractivity contribution in [2.75, 3.05) is 26.2 Å². The topological polar surface area (TPSA) is 235 Å². The maximum atomic E-state index is 13.5. The number of amides is 4. The van der Waals surface area contributed by atoms with Gasteiger partial charge >= 0.3 is 7.12 Å². The molecule has 0 radical (unpaired) electrons. The molecule has 0 unspecified atom stereocenters. The lowest BCUT2D eigenvalue weighted by atomic mass is 9.81. The van der Waals surface area contributed by atoms with E-state index in [-0.39, 0.29) is 60.0 Å². The van der Waals surface area contributed by atoms with Crippen LogP contribution >= 0.6 is 39.1 Å². The van der Waals surface area contributed by atoms with E-state index in [4.69, 9.17) is 33.2 Å². The smallest absolute Gasteiger partial charge is 0.423 e. The number of nitrogens with zero attached hydrogens (tertiary/aromatic N) is 8. The minimum Gasteiger partial charge on any atom is -0.423 e. The lowest BCUT2D eigenvalue weighted by Gasteiger charge is -2.45. The van der Waals surface area contributed by atoms with Crippen molar-refractivity contribution >= 4 is 97.4 Å². The zero-order valence-corrected chi connectivity index (χ0v) is 46.1. The van der Waals surface area contributed by atoms with E-state index in [2.05, 4.69) is 74.2 Å². The fourth-order valence-electron chi connectivity index (χ4n) is 8.92. The second-order valence-electron chi connectivity index (χ2n) is 20.4. The predicted octanol–water partition coefficient (Wildman–Crippen LogP) is 6.28. The number of rotatable bonds is 12. The summed E-state index contributed by atoms with van der Waals surface area (Å²) in [5.41, 5.74) is 3.52. The zero-order valence-electron chi connectivity index (χ0n) is 43.0. The number of hydrogen-bond donors (Lipinski definition) is 4. The van der Waals surface area contributed by atoms with E-state index in [0.717, 1.165) is 22.3 Å². The first-order valence-corrected chi connectivity index (χ1v) is 26.2. The lowest BCUT2D eigenvalue weighted by molar-refractivity contribution is -0.142. The van der Waals surface area contributed by atoms with Gasteiger partial charge in [-0.25, -0.2) is 9.97 Å². The Morgan fingerprint density at radius 3 is 1.41 bits per heavy atom. The number of fused-ring (bicyclic) bond motifs is 2. The second-order valence-corrected chi connectivity index (χ2v) is 22.2.